The summed E-state index contributed by atoms with van der Waals surface area (Å²) in [6.07, 6.45) is 5.45. The van der Waals surface area contributed by atoms with Crippen LogP contribution in [0.5, 0.6) is 0 Å². The van der Waals surface area contributed by atoms with Gasteiger partial charge in [-0.05, 0) is 32.2 Å². The molecule has 1 N–H and O–H groups in total. The summed E-state index contributed by atoms with van der Waals surface area (Å²) in [6, 6.07) is 0.836. The monoisotopic (exact) mass is 191 g/mol. The van der Waals surface area contributed by atoms with Gasteiger partial charge in [0.2, 0.25) is 0 Å². The zero-order valence-electron chi connectivity index (χ0n) is 5.70. The van der Waals surface area contributed by atoms with E-state index >= 15 is 0 Å². The Bertz CT molecular complexity index is 69.3. The molecule has 0 spiro atoms. The first-order valence-electron chi connectivity index (χ1n) is 3.73. The van der Waals surface area contributed by atoms with E-state index in [1.165, 1.54) is 32.2 Å². The Morgan fingerprint density at radius 3 is 3.00 bits per heavy atom. The maximum Gasteiger partial charge on any atom is 0.00678 e. The predicted octanol–water partition coefficient (Wildman–Crippen LogP) is 1.91. The highest BCUT2D eigenvalue weighted by molar-refractivity contribution is 9.09. The Hall–Kier alpha value is 0.440. The molecular weight excluding hydrogens is 178 g/mol. The van der Waals surface area contributed by atoms with Crippen LogP contribution in [0, 0.1) is 0 Å². The summed E-state index contributed by atoms with van der Waals surface area (Å²) in [5.41, 5.74) is 0. The predicted molar refractivity (Wildman–Crippen MR) is 44.1 cm³/mol. The van der Waals surface area contributed by atoms with Gasteiger partial charge in [0.15, 0.2) is 0 Å². The topological polar surface area (TPSA) is 12.0 Å². The molecule has 54 valence electrons. The fraction of sp³-hybridized carbons (Fsp3) is 1.00. The van der Waals surface area contributed by atoms with Crippen LogP contribution in [0.15, 0.2) is 0 Å². The van der Waals surface area contributed by atoms with Crippen LogP contribution in [-0.2, 0) is 0 Å². The number of hydrogen-bond acceptors (Lipinski definition) is 1. The normalized spacial score (nSPS) is 27.0. The lowest BCUT2D eigenvalue weighted by Gasteiger charge is -2.06. The fourth-order valence-corrected chi connectivity index (χ4v) is 1.65. The summed E-state index contributed by atoms with van der Waals surface area (Å²) in [6.45, 7) is 1.24. The Balaban J connectivity index is 1.98. The Labute approximate surface area is 65.3 Å². The van der Waals surface area contributed by atoms with E-state index < -0.39 is 0 Å². The fourth-order valence-electron chi connectivity index (χ4n) is 1.33. The summed E-state index contributed by atoms with van der Waals surface area (Å²) in [7, 11) is 0. The molecule has 2 heteroatoms. The minimum Gasteiger partial charge on any atom is -0.314 e. The van der Waals surface area contributed by atoms with Crippen molar-refractivity contribution in [2.75, 3.05) is 11.9 Å². The second-order valence-corrected chi connectivity index (χ2v) is 3.42. The SMILES string of the molecule is BrCCCC1CCCN1. The van der Waals surface area contributed by atoms with Crippen molar-refractivity contribution in [2.24, 2.45) is 0 Å². The maximum absolute atomic E-state index is 3.47. The molecule has 0 aromatic carbocycles. The highest BCUT2D eigenvalue weighted by atomic mass is 79.9. The lowest BCUT2D eigenvalue weighted by atomic mass is 10.1. The van der Waals surface area contributed by atoms with Crippen LogP contribution in [-0.4, -0.2) is 17.9 Å². The molecule has 1 atom stereocenters. The quantitative estimate of drug-likeness (QED) is 0.673. The summed E-state index contributed by atoms with van der Waals surface area (Å²) < 4.78 is 0. The first-order chi connectivity index (χ1) is 4.43. The molecule has 1 aliphatic heterocycles. The van der Waals surface area contributed by atoms with Crippen LogP contribution in [0.2, 0.25) is 0 Å². The summed E-state index contributed by atoms with van der Waals surface area (Å²) >= 11 is 3.43. The van der Waals surface area contributed by atoms with Crippen molar-refractivity contribution in [3.63, 3.8) is 0 Å². The van der Waals surface area contributed by atoms with Gasteiger partial charge in [-0.1, -0.05) is 15.9 Å². The second kappa shape index (κ2) is 4.29. The molecule has 1 heterocycles. The lowest BCUT2D eigenvalue weighted by Crippen LogP contribution is -2.20. The van der Waals surface area contributed by atoms with E-state index in [0.717, 1.165) is 11.4 Å². The highest BCUT2D eigenvalue weighted by Crippen LogP contribution is 2.10. The molecule has 1 unspecified atom stereocenters. The second-order valence-electron chi connectivity index (χ2n) is 2.62. The third-order valence-electron chi connectivity index (χ3n) is 1.85. The van der Waals surface area contributed by atoms with Crippen LogP contribution in [0.1, 0.15) is 25.7 Å². The van der Waals surface area contributed by atoms with Crippen LogP contribution in [0.4, 0.5) is 0 Å². The molecule has 1 rings (SSSR count). The summed E-state index contributed by atoms with van der Waals surface area (Å²) in [5, 5.41) is 4.63. The average molecular weight is 192 g/mol. The third kappa shape index (κ3) is 2.67. The molecule has 0 saturated carbocycles. The van der Waals surface area contributed by atoms with Crippen molar-refractivity contribution >= 4 is 15.9 Å². The van der Waals surface area contributed by atoms with Crippen molar-refractivity contribution < 1.29 is 0 Å². The van der Waals surface area contributed by atoms with Gasteiger partial charge in [-0.15, -0.1) is 0 Å². The van der Waals surface area contributed by atoms with Gasteiger partial charge in [0, 0.05) is 11.4 Å². The van der Waals surface area contributed by atoms with E-state index in [-0.39, 0.29) is 0 Å². The molecule has 0 aliphatic carbocycles. The Morgan fingerprint density at radius 1 is 1.56 bits per heavy atom. The molecule has 1 fully saturated rings. The minimum atomic E-state index is 0.836. The standard InChI is InChI=1S/C7H14BrN/c8-5-1-3-7-4-2-6-9-7/h7,9H,1-6H2. The van der Waals surface area contributed by atoms with Crippen molar-refractivity contribution in [1.29, 1.82) is 0 Å². The van der Waals surface area contributed by atoms with E-state index in [0.29, 0.717) is 0 Å². The Morgan fingerprint density at radius 2 is 2.44 bits per heavy atom. The van der Waals surface area contributed by atoms with Gasteiger partial charge in [0.25, 0.3) is 0 Å². The van der Waals surface area contributed by atoms with Gasteiger partial charge in [0.1, 0.15) is 0 Å². The van der Waals surface area contributed by atoms with E-state index in [4.69, 9.17) is 0 Å². The van der Waals surface area contributed by atoms with Gasteiger partial charge in [-0.25, -0.2) is 0 Å². The van der Waals surface area contributed by atoms with Crippen molar-refractivity contribution in [2.45, 2.75) is 31.7 Å². The smallest absolute Gasteiger partial charge is 0.00678 e. The van der Waals surface area contributed by atoms with Gasteiger partial charge in [-0.2, -0.15) is 0 Å². The zero-order chi connectivity index (χ0) is 6.53. The van der Waals surface area contributed by atoms with Gasteiger partial charge in [0.05, 0.1) is 0 Å². The van der Waals surface area contributed by atoms with Crippen molar-refractivity contribution in [3.05, 3.63) is 0 Å². The first-order valence-corrected chi connectivity index (χ1v) is 4.85. The van der Waals surface area contributed by atoms with E-state index in [1.807, 2.05) is 0 Å². The zero-order valence-corrected chi connectivity index (χ0v) is 7.28. The average Bonchev–Trinajstić information content (AvgIpc) is 2.34. The van der Waals surface area contributed by atoms with Gasteiger partial charge in [-0.3, -0.25) is 0 Å². The summed E-state index contributed by atoms with van der Waals surface area (Å²) in [4.78, 5) is 0. The van der Waals surface area contributed by atoms with Gasteiger partial charge < -0.3 is 5.32 Å². The van der Waals surface area contributed by atoms with Crippen LogP contribution < -0.4 is 5.32 Å². The number of hydrogen-bond donors (Lipinski definition) is 1. The molecule has 0 bridgehead atoms. The van der Waals surface area contributed by atoms with Crippen molar-refractivity contribution in [3.8, 4) is 0 Å². The molecule has 0 amide bonds. The molecular formula is C7H14BrN. The maximum atomic E-state index is 3.47. The first kappa shape index (κ1) is 7.55. The van der Waals surface area contributed by atoms with Crippen LogP contribution in [0.3, 0.4) is 0 Å². The number of rotatable bonds is 3. The van der Waals surface area contributed by atoms with Crippen LogP contribution >= 0.6 is 15.9 Å². The molecule has 1 saturated heterocycles. The molecule has 1 nitrogen and oxygen atoms in total. The molecule has 0 aromatic rings. The van der Waals surface area contributed by atoms with E-state index in [9.17, 15) is 0 Å². The summed E-state index contributed by atoms with van der Waals surface area (Å²) in [5.74, 6) is 0. The highest BCUT2D eigenvalue weighted by Gasteiger charge is 2.11. The number of halogens is 1. The molecule has 0 radical (unpaired) electrons. The Kier molecular flexibility index (Phi) is 3.59. The van der Waals surface area contributed by atoms with Crippen LogP contribution in [0.25, 0.3) is 0 Å². The lowest BCUT2D eigenvalue weighted by molar-refractivity contribution is 0.554. The molecule has 9 heavy (non-hydrogen) atoms. The van der Waals surface area contributed by atoms with E-state index in [1.54, 1.807) is 0 Å². The molecule has 0 aromatic heterocycles. The number of nitrogens with one attached hydrogen (secondary N) is 1. The molecule has 1 aliphatic rings. The largest absolute Gasteiger partial charge is 0.314 e. The number of alkyl halides is 1. The van der Waals surface area contributed by atoms with E-state index in [2.05, 4.69) is 21.2 Å². The van der Waals surface area contributed by atoms with Gasteiger partial charge >= 0.3 is 0 Å². The minimum absolute atomic E-state index is 0.836. The van der Waals surface area contributed by atoms with Crippen molar-refractivity contribution in [1.82, 2.24) is 5.32 Å². The third-order valence-corrected chi connectivity index (χ3v) is 2.41.